The van der Waals surface area contributed by atoms with E-state index in [1.54, 1.807) is 31.0 Å². The molecule has 0 spiro atoms. The van der Waals surface area contributed by atoms with Crippen molar-refractivity contribution in [1.29, 1.82) is 0 Å². The highest BCUT2D eigenvalue weighted by Crippen LogP contribution is 2.39. The van der Waals surface area contributed by atoms with Gasteiger partial charge in [-0.25, -0.2) is 0 Å². The van der Waals surface area contributed by atoms with Crippen LogP contribution in [0.5, 0.6) is 17.2 Å². The van der Waals surface area contributed by atoms with Crippen molar-refractivity contribution in [2.24, 2.45) is 0 Å². The normalized spacial score (nSPS) is 14.3. The summed E-state index contributed by atoms with van der Waals surface area (Å²) in [4.78, 5) is 13.7. The van der Waals surface area contributed by atoms with Gasteiger partial charge in [0.05, 0.1) is 32.1 Å². The summed E-state index contributed by atoms with van der Waals surface area (Å²) in [6.45, 7) is 2.32. The van der Waals surface area contributed by atoms with E-state index in [1.807, 2.05) is 55.5 Å². The van der Waals surface area contributed by atoms with Crippen LogP contribution < -0.4 is 24.8 Å². The molecule has 0 radical (unpaired) electrons. The number of hydrogen-bond donors (Lipinski definition) is 2. The van der Waals surface area contributed by atoms with Gasteiger partial charge in [0.15, 0.2) is 11.5 Å². The number of ether oxygens (including phenoxy) is 3. The van der Waals surface area contributed by atoms with E-state index in [1.165, 1.54) is 5.56 Å². The first-order valence-corrected chi connectivity index (χ1v) is 12.1. The predicted octanol–water partition coefficient (Wildman–Crippen LogP) is 4.24. The minimum absolute atomic E-state index is 0.312. The lowest BCUT2D eigenvalue weighted by Gasteiger charge is -2.28. The third-order valence-electron chi connectivity index (χ3n) is 6.31. The lowest BCUT2D eigenvalue weighted by Crippen LogP contribution is -2.31. The molecule has 1 unspecified atom stereocenters. The van der Waals surface area contributed by atoms with Crippen LogP contribution in [0.4, 0.5) is 11.6 Å². The molecular weight excluding hydrogens is 484 g/mol. The number of amides is 1. The van der Waals surface area contributed by atoms with Crippen LogP contribution in [0.15, 0.2) is 84.1 Å². The highest BCUT2D eigenvalue weighted by molar-refractivity contribution is 6.06. The molecule has 4 aromatic rings. The molecule has 38 heavy (non-hydrogen) atoms. The minimum atomic E-state index is -0.608. The van der Waals surface area contributed by atoms with E-state index in [9.17, 15) is 4.79 Å². The Morgan fingerprint density at radius 3 is 2.53 bits per heavy atom. The largest absolute Gasteiger partial charge is 0.495 e. The highest BCUT2D eigenvalue weighted by atomic mass is 16.5. The van der Waals surface area contributed by atoms with E-state index < -0.39 is 6.04 Å². The van der Waals surface area contributed by atoms with Crippen LogP contribution in [-0.2, 0) is 11.2 Å². The number of aromatic nitrogens is 4. The van der Waals surface area contributed by atoms with Gasteiger partial charge < -0.3 is 24.8 Å². The summed E-state index contributed by atoms with van der Waals surface area (Å²) in [6, 6.07) is 22.4. The molecule has 1 atom stereocenters. The Bertz CT molecular complexity index is 1470. The molecule has 1 aliphatic heterocycles. The van der Waals surface area contributed by atoms with Crippen molar-refractivity contribution in [3.8, 4) is 17.2 Å². The van der Waals surface area contributed by atoms with Gasteiger partial charge in [-0.3, -0.25) is 4.79 Å². The van der Waals surface area contributed by atoms with Crippen LogP contribution in [0.3, 0.4) is 0 Å². The van der Waals surface area contributed by atoms with E-state index in [-0.39, 0.29) is 5.91 Å². The van der Waals surface area contributed by atoms with Gasteiger partial charge in [0.2, 0.25) is 5.95 Å². The van der Waals surface area contributed by atoms with Gasteiger partial charge in [-0.1, -0.05) is 53.6 Å². The molecular formula is C28H28N6O4. The Morgan fingerprint density at radius 2 is 1.74 bits per heavy atom. The molecule has 1 amide bonds. The van der Waals surface area contributed by atoms with Gasteiger partial charge in [0.25, 0.3) is 5.91 Å². The number of allylic oxidation sites excluding steroid dienone is 1. The molecule has 194 valence electrons. The molecule has 1 aliphatic rings. The van der Waals surface area contributed by atoms with E-state index >= 15 is 0 Å². The van der Waals surface area contributed by atoms with E-state index in [2.05, 4.69) is 38.3 Å². The number of nitrogens with one attached hydrogen (secondary N) is 2. The Morgan fingerprint density at radius 1 is 0.974 bits per heavy atom. The number of methoxy groups -OCH3 is 2. The van der Waals surface area contributed by atoms with Gasteiger partial charge >= 0.3 is 0 Å². The van der Waals surface area contributed by atoms with Crippen molar-refractivity contribution in [3.63, 3.8) is 0 Å². The molecule has 0 fully saturated rings. The SMILES string of the molecule is COc1ccccc1NC(=O)C1=C(C)Nc2nnnn2C1c1ccc(OCCc2ccccc2)c(OC)c1. The molecule has 2 heterocycles. The number of hydrogen-bond acceptors (Lipinski definition) is 8. The van der Waals surface area contributed by atoms with E-state index in [4.69, 9.17) is 14.2 Å². The molecule has 1 aromatic heterocycles. The maximum Gasteiger partial charge on any atom is 0.255 e. The van der Waals surface area contributed by atoms with E-state index in [0.29, 0.717) is 46.8 Å². The summed E-state index contributed by atoms with van der Waals surface area (Å²) < 4.78 is 18.7. The maximum atomic E-state index is 13.7. The van der Waals surface area contributed by atoms with Crippen LogP contribution in [0.1, 0.15) is 24.1 Å². The molecule has 3 aromatic carbocycles. The van der Waals surface area contributed by atoms with Crippen LogP contribution in [-0.4, -0.2) is 46.9 Å². The zero-order valence-corrected chi connectivity index (χ0v) is 21.3. The van der Waals surface area contributed by atoms with Gasteiger partial charge in [0, 0.05) is 12.1 Å². The highest BCUT2D eigenvalue weighted by Gasteiger charge is 2.35. The molecule has 0 aliphatic carbocycles. The number of anilines is 2. The first-order chi connectivity index (χ1) is 18.6. The number of fused-ring (bicyclic) bond motifs is 1. The topological polar surface area (TPSA) is 112 Å². The Labute approximate surface area is 220 Å². The van der Waals surface area contributed by atoms with Crippen molar-refractivity contribution in [2.75, 3.05) is 31.5 Å². The van der Waals surface area contributed by atoms with Gasteiger partial charge in [-0.05, 0) is 52.7 Å². The number of benzene rings is 3. The summed E-state index contributed by atoms with van der Waals surface area (Å²) >= 11 is 0. The van der Waals surface area contributed by atoms with Crippen molar-refractivity contribution in [3.05, 3.63) is 95.2 Å². The van der Waals surface area contributed by atoms with Gasteiger partial charge in [-0.2, -0.15) is 4.68 Å². The standard InChI is InChI=1S/C28H28N6O4/c1-18-25(27(35)30-21-11-7-8-12-22(21)36-2)26(34-28(29-18)31-32-33-34)20-13-14-23(24(17-20)37-3)38-16-15-19-9-5-4-6-10-19/h4-14,17,26H,15-16H2,1-3H3,(H,30,35)(H,29,31,33). The fourth-order valence-electron chi connectivity index (χ4n) is 4.45. The van der Waals surface area contributed by atoms with Gasteiger partial charge in [-0.15, -0.1) is 0 Å². The van der Waals surface area contributed by atoms with Crippen LogP contribution in [0.2, 0.25) is 0 Å². The van der Waals surface area contributed by atoms with Crippen molar-refractivity contribution >= 4 is 17.5 Å². The lowest BCUT2D eigenvalue weighted by molar-refractivity contribution is -0.113. The first-order valence-electron chi connectivity index (χ1n) is 12.1. The summed E-state index contributed by atoms with van der Waals surface area (Å²) in [5, 5.41) is 18.1. The van der Waals surface area contributed by atoms with Gasteiger partial charge in [0.1, 0.15) is 11.8 Å². The predicted molar refractivity (Wildman–Crippen MR) is 143 cm³/mol. The summed E-state index contributed by atoms with van der Waals surface area (Å²) in [5.41, 5.74) is 3.59. The number of rotatable bonds is 9. The summed E-state index contributed by atoms with van der Waals surface area (Å²) in [6.07, 6.45) is 0.767. The third-order valence-corrected chi connectivity index (χ3v) is 6.31. The number of tetrazole rings is 1. The molecule has 0 saturated carbocycles. The van der Waals surface area contributed by atoms with Crippen molar-refractivity contribution < 1.29 is 19.0 Å². The fourth-order valence-corrected chi connectivity index (χ4v) is 4.45. The second-order valence-electron chi connectivity index (χ2n) is 8.66. The van der Waals surface area contributed by atoms with Crippen molar-refractivity contribution in [2.45, 2.75) is 19.4 Å². The lowest BCUT2D eigenvalue weighted by atomic mass is 9.94. The zero-order valence-electron chi connectivity index (χ0n) is 21.3. The molecule has 5 rings (SSSR count). The molecule has 10 nitrogen and oxygen atoms in total. The quantitative estimate of drug-likeness (QED) is 0.343. The molecule has 0 bridgehead atoms. The number of nitrogens with zero attached hydrogens (tertiary/aromatic N) is 4. The van der Waals surface area contributed by atoms with E-state index in [0.717, 1.165) is 12.0 Å². The first kappa shape index (κ1) is 24.8. The fraction of sp³-hybridized carbons (Fsp3) is 0.214. The van der Waals surface area contributed by atoms with Crippen LogP contribution in [0.25, 0.3) is 0 Å². The Hall–Kier alpha value is -4.86. The Balaban J connectivity index is 1.44. The average Bonchev–Trinajstić information content (AvgIpc) is 3.41. The summed E-state index contributed by atoms with van der Waals surface area (Å²) in [5.74, 6) is 1.84. The molecule has 2 N–H and O–H groups in total. The molecule has 0 saturated heterocycles. The maximum absolute atomic E-state index is 13.7. The minimum Gasteiger partial charge on any atom is -0.495 e. The average molecular weight is 513 g/mol. The number of carbonyl (C=O) groups is 1. The Kier molecular flexibility index (Phi) is 7.21. The zero-order chi connectivity index (χ0) is 26.5. The second-order valence-corrected chi connectivity index (χ2v) is 8.66. The number of para-hydroxylation sites is 2. The second kappa shape index (κ2) is 11.0. The number of carbonyl (C=O) groups excluding carboxylic acids is 1. The smallest absolute Gasteiger partial charge is 0.255 e. The molecule has 10 heteroatoms. The monoisotopic (exact) mass is 512 g/mol. The van der Waals surface area contributed by atoms with Crippen molar-refractivity contribution in [1.82, 2.24) is 20.2 Å². The van der Waals surface area contributed by atoms with Crippen LogP contribution in [0, 0.1) is 0 Å². The third kappa shape index (κ3) is 5.01. The van der Waals surface area contributed by atoms with Crippen LogP contribution >= 0.6 is 0 Å². The summed E-state index contributed by atoms with van der Waals surface area (Å²) in [7, 11) is 3.15.